The van der Waals surface area contributed by atoms with Gasteiger partial charge in [0.1, 0.15) is 5.82 Å². The summed E-state index contributed by atoms with van der Waals surface area (Å²) >= 11 is 5.25. The molecule has 2 atom stereocenters. The molecule has 0 bridgehead atoms. The van der Waals surface area contributed by atoms with E-state index in [2.05, 4.69) is 29.4 Å². The summed E-state index contributed by atoms with van der Waals surface area (Å²) in [4.78, 5) is 2.55. The molecule has 0 saturated carbocycles. The fourth-order valence-electron chi connectivity index (χ4n) is 3.19. The zero-order chi connectivity index (χ0) is 15.9. The van der Waals surface area contributed by atoms with E-state index in [1.165, 1.54) is 31.6 Å². The summed E-state index contributed by atoms with van der Waals surface area (Å²) in [6.07, 6.45) is 2.42. The number of nitrogens with one attached hydrogen (secondary N) is 2. The predicted octanol–water partition coefficient (Wildman–Crippen LogP) is 3.48. The third kappa shape index (κ3) is 5.89. The number of piperidine rings is 1. The highest BCUT2D eigenvalue weighted by Gasteiger charge is 2.20. The maximum Gasteiger partial charge on any atom is 0.170 e. The Balaban J connectivity index is 1.62. The van der Waals surface area contributed by atoms with Crippen molar-refractivity contribution in [3.8, 4) is 0 Å². The summed E-state index contributed by atoms with van der Waals surface area (Å²) in [5.41, 5.74) is 0.803. The number of benzene rings is 1. The van der Waals surface area contributed by atoms with Crippen LogP contribution in [0.5, 0.6) is 0 Å². The summed E-state index contributed by atoms with van der Waals surface area (Å²) in [6, 6.07) is 6.20. The number of nitrogens with zero attached hydrogens (tertiary/aromatic N) is 1. The second-order valence-corrected chi connectivity index (χ2v) is 6.86. The Hall–Kier alpha value is -1.20. The molecule has 122 valence electrons. The number of hydrogen-bond donors (Lipinski definition) is 2. The van der Waals surface area contributed by atoms with Gasteiger partial charge in [-0.05, 0) is 67.7 Å². The summed E-state index contributed by atoms with van der Waals surface area (Å²) in [7, 11) is 0. The second-order valence-electron chi connectivity index (χ2n) is 6.45. The molecular weight excluding hydrogens is 297 g/mol. The van der Waals surface area contributed by atoms with Gasteiger partial charge in [0.2, 0.25) is 0 Å². The van der Waals surface area contributed by atoms with Crippen LogP contribution in [0.3, 0.4) is 0 Å². The van der Waals surface area contributed by atoms with Gasteiger partial charge < -0.3 is 15.5 Å². The van der Waals surface area contributed by atoms with E-state index < -0.39 is 0 Å². The van der Waals surface area contributed by atoms with Crippen LogP contribution < -0.4 is 10.6 Å². The number of thiocarbonyl (C=S) groups is 1. The lowest BCUT2D eigenvalue weighted by molar-refractivity contribution is 0.140. The van der Waals surface area contributed by atoms with Crippen molar-refractivity contribution in [1.29, 1.82) is 0 Å². The van der Waals surface area contributed by atoms with Crippen LogP contribution in [0.2, 0.25) is 0 Å². The van der Waals surface area contributed by atoms with Crippen molar-refractivity contribution in [2.45, 2.75) is 26.7 Å². The van der Waals surface area contributed by atoms with Gasteiger partial charge in [0, 0.05) is 25.3 Å². The first kappa shape index (κ1) is 17.2. The Labute approximate surface area is 138 Å². The first-order valence-corrected chi connectivity index (χ1v) is 8.46. The van der Waals surface area contributed by atoms with E-state index in [1.807, 2.05) is 0 Å². The molecule has 1 aliphatic heterocycles. The second kappa shape index (κ2) is 8.44. The molecule has 1 aromatic carbocycles. The van der Waals surface area contributed by atoms with E-state index in [-0.39, 0.29) is 5.82 Å². The predicted molar refractivity (Wildman–Crippen MR) is 94.6 cm³/mol. The van der Waals surface area contributed by atoms with Crippen LogP contribution in [-0.4, -0.2) is 36.2 Å². The Bertz CT molecular complexity index is 467. The van der Waals surface area contributed by atoms with Crippen LogP contribution in [0.15, 0.2) is 24.3 Å². The molecule has 0 spiro atoms. The minimum absolute atomic E-state index is 0.241. The molecule has 0 aliphatic carbocycles. The van der Waals surface area contributed by atoms with Crippen LogP contribution in [0.1, 0.15) is 26.7 Å². The van der Waals surface area contributed by atoms with Crippen molar-refractivity contribution >= 4 is 23.0 Å². The summed E-state index contributed by atoms with van der Waals surface area (Å²) < 4.78 is 12.8. The van der Waals surface area contributed by atoms with Crippen molar-refractivity contribution in [2.75, 3.05) is 31.5 Å². The highest BCUT2D eigenvalue weighted by molar-refractivity contribution is 7.80. The molecule has 3 nitrogen and oxygen atoms in total. The van der Waals surface area contributed by atoms with E-state index in [9.17, 15) is 4.39 Å². The van der Waals surface area contributed by atoms with Gasteiger partial charge in [0.25, 0.3) is 0 Å². The van der Waals surface area contributed by atoms with Gasteiger partial charge in [-0.25, -0.2) is 4.39 Å². The Morgan fingerprint density at radius 3 is 2.50 bits per heavy atom. The summed E-state index contributed by atoms with van der Waals surface area (Å²) in [5.74, 6) is 1.37. The average Bonchev–Trinajstić information content (AvgIpc) is 2.45. The molecule has 0 amide bonds. The maximum atomic E-state index is 12.8. The molecule has 1 fully saturated rings. The first-order chi connectivity index (χ1) is 10.5. The Kier molecular flexibility index (Phi) is 6.58. The molecule has 0 aromatic heterocycles. The first-order valence-electron chi connectivity index (χ1n) is 8.05. The minimum atomic E-state index is -0.241. The van der Waals surface area contributed by atoms with E-state index in [4.69, 9.17) is 12.2 Å². The smallest absolute Gasteiger partial charge is 0.170 e. The molecule has 1 aliphatic rings. The highest BCUT2D eigenvalue weighted by Crippen LogP contribution is 2.20. The zero-order valence-electron chi connectivity index (χ0n) is 13.4. The molecule has 0 unspecified atom stereocenters. The number of halogens is 1. The molecule has 1 saturated heterocycles. The lowest BCUT2D eigenvalue weighted by Gasteiger charge is -2.34. The van der Waals surface area contributed by atoms with Gasteiger partial charge in [-0.2, -0.15) is 0 Å². The summed E-state index contributed by atoms with van der Waals surface area (Å²) in [6.45, 7) is 9.06. The Morgan fingerprint density at radius 2 is 1.86 bits per heavy atom. The van der Waals surface area contributed by atoms with Gasteiger partial charge in [-0.15, -0.1) is 0 Å². The van der Waals surface area contributed by atoms with Crippen molar-refractivity contribution in [2.24, 2.45) is 11.8 Å². The van der Waals surface area contributed by atoms with Crippen molar-refractivity contribution in [1.82, 2.24) is 10.2 Å². The number of rotatable bonds is 5. The van der Waals surface area contributed by atoms with Crippen LogP contribution in [0.4, 0.5) is 10.1 Å². The summed E-state index contributed by atoms with van der Waals surface area (Å²) in [5, 5.41) is 6.86. The van der Waals surface area contributed by atoms with Crippen LogP contribution in [0, 0.1) is 17.7 Å². The topological polar surface area (TPSA) is 27.3 Å². The van der Waals surface area contributed by atoms with Gasteiger partial charge in [-0.1, -0.05) is 13.8 Å². The van der Waals surface area contributed by atoms with E-state index in [0.717, 1.165) is 37.0 Å². The third-order valence-electron chi connectivity index (χ3n) is 3.98. The molecule has 1 heterocycles. The molecule has 0 radical (unpaired) electrons. The molecule has 2 rings (SSSR count). The van der Waals surface area contributed by atoms with Gasteiger partial charge in [-0.3, -0.25) is 0 Å². The fourth-order valence-corrected chi connectivity index (χ4v) is 3.41. The SMILES string of the molecule is C[C@@H]1C[C@H](C)CN(CCCNC(=S)Nc2ccc(F)cc2)C1. The minimum Gasteiger partial charge on any atom is -0.362 e. The van der Waals surface area contributed by atoms with Crippen molar-refractivity contribution in [3.63, 3.8) is 0 Å². The quantitative estimate of drug-likeness (QED) is 0.641. The van der Waals surface area contributed by atoms with Crippen LogP contribution in [-0.2, 0) is 0 Å². The van der Waals surface area contributed by atoms with Crippen LogP contribution >= 0.6 is 12.2 Å². The maximum absolute atomic E-state index is 12.8. The van der Waals surface area contributed by atoms with E-state index >= 15 is 0 Å². The Morgan fingerprint density at radius 1 is 1.23 bits per heavy atom. The zero-order valence-corrected chi connectivity index (χ0v) is 14.3. The number of anilines is 1. The fraction of sp³-hybridized carbons (Fsp3) is 0.588. The third-order valence-corrected chi connectivity index (χ3v) is 4.23. The molecule has 1 aromatic rings. The van der Waals surface area contributed by atoms with Crippen LogP contribution in [0.25, 0.3) is 0 Å². The van der Waals surface area contributed by atoms with Gasteiger partial charge in [0.15, 0.2) is 5.11 Å². The monoisotopic (exact) mass is 323 g/mol. The largest absolute Gasteiger partial charge is 0.362 e. The lowest BCUT2D eigenvalue weighted by atomic mass is 9.92. The van der Waals surface area contributed by atoms with E-state index in [0.29, 0.717) is 5.11 Å². The average molecular weight is 323 g/mol. The highest BCUT2D eigenvalue weighted by atomic mass is 32.1. The molecule has 5 heteroatoms. The molecule has 2 N–H and O–H groups in total. The van der Waals surface area contributed by atoms with Crippen molar-refractivity contribution < 1.29 is 4.39 Å². The van der Waals surface area contributed by atoms with Crippen molar-refractivity contribution in [3.05, 3.63) is 30.1 Å². The molecule has 22 heavy (non-hydrogen) atoms. The number of hydrogen-bond acceptors (Lipinski definition) is 2. The van der Waals surface area contributed by atoms with Gasteiger partial charge in [0.05, 0.1) is 0 Å². The van der Waals surface area contributed by atoms with E-state index in [1.54, 1.807) is 12.1 Å². The van der Waals surface area contributed by atoms with Gasteiger partial charge >= 0.3 is 0 Å². The standard InChI is InChI=1S/C17H26FN3S/c1-13-10-14(2)12-21(11-13)9-3-8-19-17(22)20-16-6-4-15(18)5-7-16/h4-7,13-14H,3,8-12H2,1-2H3,(H2,19,20,22)/t13-,14+. The number of likely N-dealkylation sites (tertiary alicyclic amines) is 1. The normalized spacial score (nSPS) is 22.3. The molecular formula is C17H26FN3S. The lowest BCUT2D eigenvalue weighted by Crippen LogP contribution is -2.40.